The average Bonchev–Trinajstić information content (AvgIpc) is 2.35. The summed E-state index contributed by atoms with van der Waals surface area (Å²) < 4.78 is 0. The minimum Gasteiger partial charge on any atom is -0.398 e. The van der Waals surface area contributed by atoms with Gasteiger partial charge in [-0.25, -0.2) is 0 Å². The molecule has 0 fully saturated rings. The number of rotatable bonds is 4. The number of carbonyl (C=O) groups excluding carboxylic acids is 2. The van der Waals surface area contributed by atoms with Gasteiger partial charge in [-0.3, -0.25) is 9.59 Å². The monoisotopic (exact) mass is 271 g/mol. The lowest BCUT2D eigenvalue weighted by molar-refractivity contribution is -0.120. The van der Waals surface area contributed by atoms with Gasteiger partial charge >= 0.3 is 0 Å². The molecule has 0 heterocycles. The van der Waals surface area contributed by atoms with Crippen LogP contribution in [0.1, 0.15) is 16.8 Å². The molecule has 3 N–H and O–H groups in total. The van der Waals surface area contributed by atoms with Crippen LogP contribution in [0.3, 0.4) is 0 Å². The number of halogens is 1. The summed E-state index contributed by atoms with van der Waals surface area (Å²) in [7, 11) is 3.22. The first kappa shape index (κ1) is 16.2. The Hall–Kier alpha value is -1.75. The Morgan fingerprint density at radius 3 is 2.50 bits per heavy atom. The van der Waals surface area contributed by atoms with Crippen LogP contribution in [0.5, 0.6) is 0 Å². The smallest absolute Gasteiger partial charge is 0.255 e. The van der Waals surface area contributed by atoms with Crippen LogP contribution in [0.4, 0.5) is 5.69 Å². The molecular formula is C12H18ClN3O2. The highest BCUT2D eigenvalue weighted by Crippen LogP contribution is 2.12. The second-order valence-corrected chi connectivity index (χ2v) is 3.74. The van der Waals surface area contributed by atoms with Gasteiger partial charge in [0.25, 0.3) is 5.91 Å². The number of carbonyl (C=O) groups is 2. The SMILES string of the molecule is CNC(=O)CCN(C)C(=O)c1ccccc1N.Cl. The summed E-state index contributed by atoms with van der Waals surface area (Å²) in [6.07, 6.45) is 0.283. The highest BCUT2D eigenvalue weighted by atomic mass is 35.5. The third-order valence-corrected chi connectivity index (χ3v) is 2.49. The molecule has 5 nitrogen and oxygen atoms in total. The molecule has 0 spiro atoms. The van der Waals surface area contributed by atoms with Gasteiger partial charge in [-0.2, -0.15) is 0 Å². The van der Waals surface area contributed by atoms with E-state index in [4.69, 9.17) is 5.73 Å². The first-order chi connectivity index (χ1) is 8.06. The van der Waals surface area contributed by atoms with E-state index in [0.29, 0.717) is 17.8 Å². The fourth-order valence-corrected chi connectivity index (χ4v) is 1.39. The van der Waals surface area contributed by atoms with E-state index in [9.17, 15) is 9.59 Å². The third-order valence-electron chi connectivity index (χ3n) is 2.49. The van der Waals surface area contributed by atoms with Crippen LogP contribution in [-0.2, 0) is 4.79 Å². The molecule has 1 rings (SSSR count). The largest absolute Gasteiger partial charge is 0.398 e. The van der Waals surface area contributed by atoms with E-state index in [1.807, 2.05) is 0 Å². The third kappa shape index (κ3) is 4.25. The highest BCUT2D eigenvalue weighted by molar-refractivity contribution is 5.99. The maximum Gasteiger partial charge on any atom is 0.255 e. The maximum absolute atomic E-state index is 12.0. The molecule has 0 aliphatic heterocycles. The van der Waals surface area contributed by atoms with Crippen LogP contribution >= 0.6 is 12.4 Å². The molecule has 0 bridgehead atoms. The van der Waals surface area contributed by atoms with Crippen molar-refractivity contribution in [3.63, 3.8) is 0 Å². The highest BCUT2D eigenvalue weighted by Gasteiger charge is 2.14. The maximum atomic E-state index is 12.0. The van der Waals surface area contributed by atoms with E-state index in [1.165, 1.54) is 4.90 Å². The van der Waals surface area contributed by atoms with Crippen molar-refractivity contribution in [1.82, 2.24) is 10.2 Å². The van der Waals surface area contributed by atoms with Crippen LogP contribution < -0.4 is 11.1 Å². The van der Waals surface area contributed by atoms with Crippen molar-refractivity contribution in [1.29, 1.82) is 0 Å². The first-order valence-corrected chi connectivity index (χ1v) is 5.36. The molecule has 0 aliphatic rings. The van der Waals surface area contributed by atoms with Gasteiger partial charge in [0.1, 0.15) is 0 Å². The number of benzene rings is 1. The topological polar surface area (TPSA) is 75.4 Å². The zero-order valence-corrected chi connectivity index (χ0v) is 11.3. The van der Waals surface area contributed by atoms with Gasteiger partial charge < -0.3 is 16.0 Å². The van der Waals surface area contributed by atoms with Crippen molar-refractivity contribution in [3.05, 3.63) is 29.8 Å². The lowest BCUT2D eigenvalue weighted by Gasteiger charge is -2.17. The summed E-state index contributed by atoms with van der Waals surface area (Å²) in [4.78, 5) is 24.5. The second kappa shape index (κ2) is 7.55. The normalized spacial score (nSPS) is 9.22. The van der Waals surface area contributed by atoms with Crippen LogP contribution in [0.2, 0.25) is 0 Å². The predicted octanol–water partition coefficient (Wildman–Crippen LogP) is 0.899. The second-order valence-electron chi connectivity index (χ2n) is 3.74. The van der Waals surface area contributed by atoms with Gasteiger partial charge in [0, 0.05) is 32.7 Å². The Balaban J connectivity index is 0.00000289. The molecule has 0 saturated carbocycles. The van der Waals surface area contributed by atoms with Gasteiger partial charge in [0.05, 0.1) is 5.56 Å². The Morgan fingerprint density at radius 2 is 1.94 bits per heavy atom. The van der Waals surface area contributed by atoms with Crippen LogP contribution in [0.25, 0.3) is 0 Å². The minimum atomic E-state index is -0.174. The summed E-state index contributed by atoms with van der Waals surface area (Å²) in [6, 6.07) is 6.89. The quantitative estimate of drug-likeness (QED) is 0.799. The molecule has 0 unspecified atom stereocenters. The number of hydrogen-bond acceptors (Lipinski definition) is 3. The van der Waals surface area contributed by atoms with E-state index >= 15 is 0 Å². The standard InChI is InChI=1S/C12H17N3O2.ClH/c1-14-11(16)7-8-15(2)12(17)9-5-3-4-6-10(9)13;/h3-6H,7-8,13H2,1-2H3,(H,14,16);1H. The number of amides is 2. The van der Waals surface area contributed by atoms with Gasteiger partial charge in [0.2, 0.25) is 5.91 Å². The Labute approximate surface area is 113 Å². The number of anilines is 1. The van der Waals surface area contributed by atoms with Gasteiger partial charge in [-0.15, -0.1) is 12.4 Å². The predicted molar refractivity (Wildman–Crippen MR) is 73.7 cm³/mol. The molecule has 2 amide bonds. The number of nitrogen functional groups attached to an aromatic ring is 1. The van der Waals surface area contributed by atoms with Gasteiger partial charge in [-0.1, -0.05) is 12.1 Å². The lowest BCUT2D eigenvalue weighted by atomic mass is 10.1. The Bertz CT molecular complexity index is 424. The molecule has 0 radical (unpaired) electrons. The van der Waals surface area contributed by atoms with Crippen LogP contribution in [-0.4, -0.2) is 37.4 Å². The zero-order chi connectivity index (χ0) is 12.8. The van der Waals surface area contributed by atoms with Crippen molar-refractivity contribution >= 4 is 29.9 Å². The average molecular weight is 272 g/mol. The summed E-state index contributed by atoms with van der Waals surface area (Å²) in [5, 5.41) is 2.51. The molecule has 1 aromatic carbocycles. The number of para-hydroxylation sites is 1. The van der Waals surface area contributed by atoms with Crippen molar-refractivity contribution in [3.8, 4) is 0 Å². The van der Waals surface area contributed by atoms with E-state index in [0.717, 1.165) is 0 Å². The molecule has 0 aromatic heterocycles. The zero-order valence-electron chi connectivity index (χ0n) is 10.5. The van der Waals surface area contributed by atoms with Crippen molar-refractivity contribution in [2.75, 3.05) is 26.4 Å². The van der Waals surface area contributed by atoms with Gasteiger partial charge in [-0.05, 0) is 12.1 Å². The fraction of sp³-hybridized carbons (Fsp3) is 0.333. The fourth-order valence-electron chi connectivity index (χ4n) is 1.39. The number of nitrogens with one attached hydrogen (secondary N) is 1. The van der Waals surface area contributed by atoms with E-state index in [2.05, 4.69) is 5.32 Å². The lowest BCUT2D eigenvalue weighted by Crippen LogP contribution is -2.31. The first-order valence-electron chi connectivity index (χ1n) is 5.36. The number of nitrogens with two attached hydrogens (primary N) is 1. The van der Waals surface area contributed by atoms with Crippen molar-refractivity contribution in [2.24, 2.45) is 0 Å². The molecular weight excluding hydrogens is 254 g/mol. The van der Waals surface area contributed by atoms with Crippen molar-refractivity contribution < 1.29 is 9.59 Å². The number of hydrogen-bond donors (Lipinski definition) is 2. The van der Waals surface area contributed by atoms with Crippen molar-refractivity contribution in [2.45, 2.75) is 6.42 Å². The molecule has 0 saturated heterocycles. The molecule has 0 aliphatic carbocycles. The Kier molecular flexibility index (Phi) is 6.82. The van der Waals surface area contributed by atoms with E-state index < -0.39 is 0 Å². The van der Waals surface area contributed by atoms with Crippen LogP contribution in [0, 0.1) is 0 Å². The summed E-state index contributed by atoms with van der Waals surface area (Å²) in [6.45, 7) is 0.368. The Morgan fingerprint density at radius 1 is 1.33 bits per heavy atom. The summed E-state index contributed by atoms with van der Waals surface area (Å²) in [5.74, 6) is -0.266. The number of nitrogens with zero attached hydrogens (tertiary/aromatic N) is 1. The van der Waals surface area contributed by atoms with E-state index in [-0.39, 0.29) is 30.6 Å². The molecule has 6 heteroatoms. The summed E-state index contributed by atoms with van der Waals surface area (Å²) >= 11 is 0. The molecule has 0 atom stereocenters. The molecule has 18 heavy (non-hydrogen) atoms. The van der Waals surface area contributed by atoms with E-state index in [1.54, 1.807) is 38.4 Å². The summed E-state index contributed by atoms with van der Waals surface area (Å²) in [5.41, 5.74) is 6.63. The minimum absolute atomic E-state index is 0. The molecule has 1 aromatic rings. The van der Waals surface area contributed by atoms with Gasteiger partial charge in [0.15, 0.2) is 0 Å². The van der Waals surface area contributed by atoms with Crippen LogP contribution in [0.15, 0.2) is 24.3 Å². The molecule has 100 valence electrons.